The number of aromatic nitrogens is 1. The lowest BCUT2D eigenvalue weighted by Crippen LogP contribution is -2.11. The zero-order chi connectivity index (χ0) is 35.0. The van der Waals surface area contributed by atoms with Crippen LogP contribution in [0.5, 0.6) is 5.75 Å². The summed E-state index contributed by atoms with van der Waals surface area (Å²) in [5.74, 6) is 1.45. The highest BCUT2D eigenvalue weighted by Gasteiger charge is 2.22. The van der Waals surface area contributed by atoms with E-state index in [4.69, 9.17) is 9.98 Å². The Labute approximate surface area is 296 Å². The zero-order valence-electron chi connectivity index (χ0n) is 30.3. The molecule has 5 aromatic carbocycles. The highest BCUT2D eigenvalue weighted by Crippen LogP contribution is 2.45. The maximum atomic E-state index is 10.7. The second-order valence-corrected chi connectivity index (χ2v) is 16.1. The third kappa shape index (κ3) is 7.12. The number of aromatic hydroxyl groups is 1. The number of para-hydroxylation sites is 1. The first-order chi connectivity index (χ1) is 23.3. The molecule has 0 aliphatic carbocycles. The molecule has 0 atom stereocenters. The molecule has 6 aromatic rings. The van der Waals surface area contributed by atoms with Crippen molar-refractivity contribution >= 4 is 33.5 Å². The van der Waals surface area contributed by atoms with Gasteiger partial charge in [0, 0.05) is 22.9 Å². The molecule has 0 amide bonds. The van der Waals surface area contributed by atoms with Crippen LogP contribution in [0.25, 0.3) is 43.0 Å². The molecule has 0 saturated carbocycles. The number of hydrogen-bond donors (Lipinski definition) is 1. The summed E-state index contributed by atoms with van der Waals surface area (Å²) in [5.41, 5.74) is 13.7. The number of phenols is 1. The van der Waals surface area contributed by atoms with Crippen molar-refractivity contribution in [2.24, 2.45) is 4.99 Å². The van der Waals surface area contributed by atoms with Gasteiger partial charge in [0.1, 0.15) is 10.8 Å². The summed E-state index contributed by atoms with van der Waals surface area (Å²) < 4.78 is 1.15. The van der Waals surface area contributed by atoms with Crippen molar-refractivity contribution in [3.8, 4) is 38.6 Å². The fourth-order valence-corrected chi connectivity index (χ4v) is 7.51. The summed E-state index contributed by atoms with van der Waals surface area (Å²) in [7, 11) is 0. The van der Waals surface area contributed by atoms with E-state index >= 15 is 0 Å². The molecule has 0 aliphatic heterocycles. The average molecular weight is 665 g/mol. The summed E-state index contributed by atoms with van der Waals surface area (Å²) in [4.78, 5) is 10.2. The number of nitrogens with zero attached hydrogens (tertiary/aromatic N) is 2. The zero-order valence-corrected chi connectivity index (χ0v) is 31.1. The number of phenolic OH excluding ortho intramolecular Hbond substituents is 1. The lowest BCUT2D eigenvalue weighted by molar-refractivity contribution is 0.473. The van der Waals surface area contributed by atoms with E-state index in [0.717, 1.165) is 43.2 Å². The van der Waals surface area contributed by atoms with Gasteiger partial charge in [-0.15, -0.1) is 11.3 Å². The molecule has 49 heavy (non-hydrogen) atoms. The minimum absolute atomic E-state index is 0.0349. The first-order valence-electron chi connectivity index (χ1n) is 17.5. The van der Waals surface area contributed by atoms with Crippen LogP contribution >= 0.6 is 11.3 Å². The second kappa shape index (κ2) is 13.8. The van der Waals surface area contributed by atoms with Gasteiger partial charge in [0.2, 0.25) is 0 Å². The summed E-state index contributed by atoms with van der Waals surface area (Å²) in [5, 5.41) is 11.6. The van der Waals surface area contributed by atoms with Gasteiger partial charge in [-0.25, -0.2) is 4.98 Å². The lowest BCUT2D eigenvalue weighted by Gasteiger charge is -2.23. The van der Waals surface area contributed by atoms with Crippen molar-refractivity contribution in [3.05, 3.63) is 125 Å². The van der Waals surface area contributed by atoms with Gasteiger partial charge in [0.25, 0.3) is 0 Å². The molecule has 0 aliphatic rings. The largest absolute Gasteiger partial charge is 0.507 e. The molecule has 4 heteroatoms. The topological polar surface area (TPSA) is 45.5 Å². The molecule has 0 radical (unpaired) electrons. The molecule has 0 unspecified atom stereocenters. The Morgan fingerprint density at radius 1 is 0.694 bits per heavy atom. The van der Waals surface area contributed by atoms with Crippen molar-refractivity contribution < 1.29 is 5.11 Å². The van der Waals surface area contributed by atoms with E-state index in [9.17, 15) is 5.11 Å². The van der Waals surface area contributed by atoms with E-state index in [2.05, 4.69) is 123 Å². The van der Waals surface area contributed by atoms with Gasteiger partial charge in [-0.2, -0.15) is 0 Å². The summed E-state index contributed by atoms with van der Waals surface area (Å²) in [6.07, 6.45) is 1.77. The van der Waals surface area contributed by atoms with Gasteiger partial charge in [-0.05, 0) is 98.5 Å². The molecule has 1 heterocycles. The number of rotatable bonds is 8. The Bertz CT molecular complexity index is 2120. The molecule has 6 rings (SSSR count). The van der Waals surface area contributed by atoms with E-state index < -0.39 is 0 Å². The van der Waals surface area contributed by atoms with Crippen molar-refractivity contribution in [2.75, 3.05) is 0 Å². The van der Waals surface area contributed by atoms with Crippen LogP contribution in [0, 0.1) is 0 Å². The quantitative estimate of drug-likeness (QED) is 0.165. The minimum atomic E-state index is -0.0349. The third-order valence-electron chi connectivity index (χ3n) is 9.37. The fraction of sp³-hybridized carbons (Fsp3) is 0.289. The predicted octanol–water partition coefficient (Wildman–Crippen LogP) is 13.4. The van der Waals surface area contributed by atoms with Crippen molar-refractivity contribution in [3.63, 3.8) is 0 Å². The molecule has 3 nitrogen and oxygen atoms in total. The highest BCUT2D eigenvalue weighted by molar-refractivity contribution is 7.21. The number of fused-ring (bicyclic) bond motifs is 1. The van der Waals surface area contributed by atoms with Crippen LogP contribution in [-0.4, -0.2) is 16.3 Å². The van der Waals surface area contributed by atoms with E-state index in [1.54, 1.807) is 23.6 Å². The molecular formula is C45H48N2OS. The van der Waals surface area contributed by atoms with Crippen LogP contribution < -0.4 is 0 Å². The number of benzene rings is 5. The molecule has 1 aromatic heterocycles. The average Bonchev–Trinajstić information content (AvgIpc) is 3.51. The second-order valence-electron chi connectivity index (χ2n) is 15.1. The Morgan fingerprint density at radius 2 is 1.35 bits per heavy atom. The van der Waals surface area contributed by atoms with Gasteiger partial charge in [0.05, 0.1) is 15.9 Å². The first kappa shape index (κ1) is 34.3. The predicted molar refractivity (Wildman–Crippen MR) is 212 cm³/mol. The summed E-state index contributed by atoms with van der Waals surface area (Å²) >= 11 is 1.72. The van der Waals surface area contributed by atoms with E-state index in [-0.39, 0.29) is 11.2 Å². The maximum absolute atomic E-state index is 10.7. The molecule has 0 bridgehead atoms. The van der Waals surface area contributed by atoms with Gasteiger partial charge >= 0.3 is 0 Å². The molecule has 0 spiro atoms. The summed E-state index contributed by atoms with van der Waals surface area (Å²) in [6, 6.07) is 34.1. The Hall–Kier alpha value is -4.54. The van der Waals surface area contributed by atoms with Crippen LogP contribution in [0.1, 0.15) is 108 Å². The van der Waals surface area contributed by atoms with Gasteiger partial charge < -0.3 is 5.11 Å². The van der Waals surface area contributed by atoms with Gasteiger partial charge in [-0.3, -0.25) is 4.99 Å². The maximum Gasteiger partial charge on any atom is 0.126 e. The smallest absolute Gasteiger partial charge is 0.126 e. The Balaban J connectivity index is 1.54. The van der Waals surface area contributed by atoms with Crippen molar-refractivity contribution in [2.45, 2.75) is 85.5 Å². The van der Waals surface area contributed by atoms with E-state index in [0.29, 0.717) is 23.3 Å². The monoisotopic (exact) mass is 664 g/mol. The Morgan fingerprint density at radius 3 is 1.98 bits per heavy atom. The summed E-state index contributed by atoms with van der Waals surface area (Å²) in [6.45, 7) is 20.3. The lowest BCUT2D eigenvalue weighted by atomic mass is 9.81. The van der Waals surface area contributed by atoms with Crippen LogP contribution in [0.15, 0.2) is 102 Å². The first-order valence-corrected chi connectivity index (χ1v) is 18.3. The highest BCUT2D eigenvalue weighted by atomic mass is 32.1. The van der Waals surface area contributed by atoms with Crippen molar-refractivity contribution in [1.29, 1.82) is 0 Å². The SMILES string of the molecule is CC(C)c1cc(C(C)C)c(-c2cc(-c3ccccc3)c3nc(-c4ccccc4N=Cc4cc(C(C)(C)C)ccc4O)sc3c2)c(C(C)C)c1. The molecule has 0 saturated heterocycles. The molecule has 250 valence electrons. The van der Waals surface area contributed by atoms with Crippen LogP contribution in [0.2, 0.25) is 0 Å². The Kier molecular flexibility index (Phi) is 9.64. The van der Waals surface area contributed by atoms with Crippen LogP contribution in [0.3, 0.4) is 0 Å². The standard InChI is InChI=1S/C45H48N2OS/c1-27(2)31-22-36(28(3)4)42(37(23-31)29(5)6)32-24-38(30-15-11-10-12-16-30)43-41(25-32)49-44(47-43)35-17-13-14-18-39(35)46-26-33-21-34(45(7,8)9)19-20-40(33)48/h10-29,48H,1-9H3. The van der Waals surface area contributed by atoms with Crippen LogP contribution in [-0.2, 0) is 5.41 Å². The molecular weight excluding hydrogens is 617 g/mol. The third-order valence-corrected chi connectivity index (χ3v) is 10.4. The van der Waals surface area contributed by atoms with Crippen molar-refractivity contribution in [1.82, 2.24) is 4.98 Å². The number of thiazole rings is 1. The normalized spacial score (nSPS) is 12.3. The minimum Gasteiger partial charge on any atom is -0.507 e. The van der Waals surface area contributed by atoms with E-state index in [1.165, 1.54) is 27.8 Å². The fourth-order valence-electron chi connectivity index (χ4n) is 6.45. The number of aliphatic imine (C=N–C) groups is 1. The van der Waals surface area contributed by atoms with Gasteiger partial charge in [0.15, 0.2) is 0 Å². The van der Waals surface area contributed by atoms with Gasteiger partial charge in [-0.1, -0.05) is 123 Å². The number of hydrogen-bond acceptors (Lipinski definition) is 4. The van der Waals surface area contributed by atoms with Crippen LogP contribution in [0.4, 0.5) is 5.69 Å². The molecule has 1 N–H and O–H groups in total. The molecule has 0 fully saturated rings. The van der Waals surface area contributed by atoms with E-state index in [1.807, 2.05) is 30.3 Å².